The second kappa shape index (κ2) is 8.85. The lowest BCUT2D eigenvalue weighted by Crippen LogP contribution is -2.34. The molecule has 27 heavy (non-hydrogen) atoms. The summed E-state index contributed by atoms with van der Waals surface area (Å²) in [5.74, 6) is 0.399. The second-order valence-corrected chi connectivity index (χ2v) is 6.00. The molecule has 3 aromatic rings. The molecule has 5 nitrogen and oxygen atoms in total. The number of rotatable bonds is 7. The Bertz CT molecular complexity index is 930. The van der Waals surface area contributed by atoms with E-state index in [0.29, 0.717) is 30.8 Å². The average Bonchev–Trinajstić information content (AvgIpc) is 2.71. The first-order chi connectivity index (χ1) is 13.2. The van der Waals surface area contributed by atoms with Crippen LogP contribution in [0.1, 0.15) is 27.6 Å². The average molecular weight is 362 g/mol. The summed E-state index contributed by atoms with van der Waals surface area (Å²) in [5.41, 5.74) is 1.18. The van der Waals surface area contributed by atoms with Gasteiger partial charge in [0, 0.05) is 24.2 Å². The molecule has 0 aliphatic rings. The van der Waals surface area contributed by atoms with E-state index < -0.39 is 0 Å². The number of hydrogen-bond acceptors (Lipinski definition) is 3. The molecule has 0 aromatic heterocycles. The quantitative estimate of drug-likeness (QED) is 0.633. The molecule has 0 unspecified atom stereocenters. The molecule has 2 N–H and O–H groups in total. The number of amides is 2. The monoisotopic (exact) mass is 362 g/mol. The molecule has 0 atom stereocenters. The SMILES string of the molecule is CCOc1ccc(C(=O)NCCNC(=O)c2cccc3ccccc23)cc1. The van der Waals surface area contributed by atoms with Gasteiger partial charge in [0.2, 0.25) is 0 Å². The Balaban J connectivity index is 1.50. The Morgan fingerprint density at radius 2 is 1.48 bits per heavy atom. The summed E-state index contributed by atoms with van der Waals surface area (Å²) < 4.78 is 5.36. The molecule has 0 bridgehead atoms. The lowest BCUT2D eigenvalue weighted by molar-refractivity contribution is 0.0928. The van der Waals surface area contributed by atoms with Gasteiger partial charge in [-0.1, -0.05) is 36.4 Å². The van der Waals surface area contributed by atoms with Gasteiger partial charge in [-0.05, 0) is 48.0 Å². The standard InChI is InChI=1S/C22H22N2O3/c1-2-27-18-12-10-17(11-13-18)21(25)23-14-15-24-22(26)20-9-5-7-16-6-3-4-8-19(16)20/h3-13H,2,14-15H2,1H3,(H,23,25)(H,24,26). The van der Waals surface area contributed by atoms with Crippen LogP contribution in [0.4, 0.5) is 0 Å². The Morgan fingerprint density at radius 3 is 2.22 bits per heavy atom. The Morgan fingerprint density at radius 1 is 0.815 bits per heavy atom. The maximum Gasteiger partial charge on any atom is 0.251 e. The molecule has 0 fully saturated rings. The molecule has 0 spiro atoms. The zero-order valence-corrected chi connectivity index (χ0v) is 15.2. The molecule has 0 heterocycles. The molecular weight excluding hydrogens is 340 g/mol. The summed E-state index contributed by atoms with van der Waals surface area (Å²) in [4.78, 5) is 24.6. The van der Waals surface area contributed by atoms with Crippen molar-refractivity contribution in [3.63, 3.8) is 0 Å². The van der Waals surface area contributed by atoms with Crippen LogP contribution in [0.2, 0.25) is 0 Å². The number of carbonyl (C=O) groups excluding carboxylic acids is 2. The van der Waals surface area contributed by atoms with Crippen molar-refractivity contribution in [2.75, 3.05) is 19.7 Å². The minimum absolute atomic E-state index is 0.151. The van der Waals surface area contributed by atoms with Gasteiger partial charge in [-0.3, -0.25) is 9.59 Å². The van der Waals surface area contributed by atoms with Gasteiger partial charge in [-0.2, -0.15) is 0 Å². The maximum atomic E-state index is 12.4. The van der Waals surface area contributed by atoms with Crippen LogP contribution in [-0.2, 0) is 0 Å². The van der Waals surface area contributed by atoms with Gasteiger partial charge in [-0.25, -0.2) is 0 Å². The molecule has 0 saturated carbocycles. The van der Waals surface area contributed by atoms with Crippen LogP contribution in [0.15, 0.2) is 66.7 Å². The summed E-state index contributed by atoms with van der Waals surface area (Å²) in [7, 11) is 0. The Hall–Kier alpha value is -3.34. The Labute approximate surface area is 158 Å². The highest BCUT2D eigenvalue weighted by atomic mass is 16.5. The molecule has 5 heteroatoms. The molecule has 2 amide bonds. The van der Waals surface area contributed by atoms with Crippen molar-refractivity contribution in [2.24, 2.45) is 0 Å². The first-order valence-corrected chi connectivity index (χ1v) is 8.96. The largest absolute Gasteiger partial charge is 0.494 e. The normalized spacial score (nSPS) is 10.4. The lowest BCUT2D eigenvalue weighted by Gasteiger charge is -2.09. The number of nitrogens with one attached hydrogen (secondary N) is 2. The van der Waals surface area contributed by atoms with Gasteiger partial charge in [0.1, 0.15) is 5.75 Å². The first kappa shape index (κ1) is 18.5. The van der Waals surface area contributed by atoms with E-state index in [1.165, 1.54) is 0 Å². The third-order valence-corrected chi connectivity index (χ3v) is 4.16. The van der Waals surface area contributed by atoms with Crippen molar-refractivity contribution in [3.05, 3.63) is 77.9 Å². The van der Waals surface area contributed by atoms with E-state index in [0.717, 1.165) is 16.5 Å². The van der Waals surface area contributed by atoms with E-state index in [1.807, 2.05) is 43.3 Å². The van der Waals surface area contributed by atoms with Crippen LogP contribution < -0.4 is 15.4 Å². The second-order valence-electron chi connectivity index (χ2n) is 6.00. The van der Waals surface area contributed by atoms with Crippen LogP contribution in [0.25, 0.3) is 10.8 Å². The van der Waals surface area contributed by atoms with Crippen LogP contribution in [0, 0.1) is 0 Å². The summed E-state index contributed by atoms with van der Waals surface area (Å²) in [5, 5.41) is 7.59. The van der Waals surface area contributed by atoms with Crippen LogP contribution in [0.3, 0.4) is 0 Å². The van der Waals surface area contributed by atoms with Gasteiger partial charge in [0.05, 0.1) is 6.61 Å². The van der Waals surface area contributed by atoms with Crippen molar-refractivity contribution >= 4 is 22.6 Å². The molecule has 0 aliphatic carbocycles. The topological polar surface area (TPSA) is 67.4 Å². The highest BCUT2D eigenvalue weighted by molar-refractivity contribution is 6.07. The molecule has 0 aliphatic heterocycles. The van der Waals surface area contributed by atoms with Crippen LogP contribution >= 0.6 is 0 Å². The first-order valence-electron chi connectivity index (χ1n) is 8.96. The van der Waals surface area contributed by atoms with E-state index in [2.05, 4.69) is 10.6 Å². The summed E-state index contributed by atoms with van der Waals surface area (Å²) in [6.07, 6.45) is 0. The van der Waals surface area contributed by atoms with Gasteiger partial charge in [-0.15, -0.1) is 0 Å². The fourth-order valence-electron chi connectivity index (χ4n) is 2.84. The Kier molecular flexibility index (Phi) is 6.05. The maximum absolute atomic E-state index is 12.4. The number of fused-ring (bicyclic) bond motifs is 1. The minimum atomic E-state index is -0.183. The third-order valence-electron chi connectivity index (χ3n) is 4.16. The lowest BCUT2D eigenvalue weighted by atomic mass is 10.0. The predicted molar refractivity (Wildman–Crippen MR) is 106 cm³/mol. The number of benzene rings is 3. The van der Waals surface area contributed by atoms with Crippen molar-refractivity contribution in [2.45, 2.75) is 6.92 Å². The third kappa shape index (κ3) is 4.64. The van der Waals surface area contributed by atoms with Crippen LogP contribution in [0.5, 0.6) is 5.75 Å². The van der Waals surface area contributed by atoms with Crippen molar-refractivity contribution < 1.29 is 14.3 Å². The van der Waals surface area contributed by atoms with Gasteiger partial charge < -0.3 is 15.4 Å². The molecule has 0 saturated heterocycles. The van der Waals surface area contributed by atoms with E-state index in [-0.39, 0.29) is 11.8 Å². The molecular formula is C22H22N2O3. The summed E-state index contributed by atoms with van der Waals surface area (Å²) in [6, 6.07) is 20.4. The van der Waals surface area contributed by atoms with Crippen molar-refractivity contribution in [1.29, 1.82) is 0 Å². The molecule has 0 radical (unpaired) electrons. The van der Waals surface area contributed by atoms with E-state index >= 15 is 0 Å². The van der Waals surface area contributed by atoms with Crippen molar-refractivity contribution in [3.8, 4) is 5.75 Å². The van der Waals surface area contributed by atoms with E-state index in [9.17, 15) is 9.59 Å². The van der Waals surface area contributed by atoms with Gasteiger partial charge >= 0.3 is 0 Å². The van der Waals surface area contributed by atoms with Crippen LogP contribution in [-0.4, -0.2) is 31.5 Å². The smallest absolute Gasteiger partial charge is 0.251 e. The summed E-state index contributed by atoms with van der Waals surface area (Å²) in [6.45, 7) is 3.20. The van der Waals surface area contributed by atoms with Crippen molar-refractivity contribution in [1.82, 2.24) is 10.6 Å². The minimum Gasteiger partial charge on any atom is -0.494 e. The summed E-state index contributed by atoms with van der Waals surface area (Å²) >= 11 is 0. The fourth-order valence-corrected chi connectivity index (χ4v) is 2.84. The molecule has 3 aromatic carbocycles. The molecule has 138 valence electrons. The number of ether oxygens (including phenoxy) is 1. The zero-order valence-electron chi connectivity index (χ0n) is 15.2. The highest BCUT2D eigenvalue weighted by Crippen LogP contribution is 2.18. The number of hydrogen-bond donors (Lipinski definition) is 2. The fraction of sp³-hybridized carbons (Fsp3) is 0.182. The predicted octanol–water partition coefficient (Wildman–Crippen LogP) is 3.40. The van der Waals surface area contributed by atoms with E-state index in [4.69, 9.17) is 4.74 Å². The van der Waals surface area contributed by atoms with Gasteiger partial charge in [0.25, 0.3) is 11.8 Å². The van der Waals surface area contributed by atoms with Gasteiger partial charge in [0.15, 0.2) is 0 Å². The number of carbonyl (C=O) groups is 2. The molecule has 3 rings (SSSR count). The highest BCUT2D eigenvalue weighted by Gasteiger charge is 2.09. The van der Waals surface area contributed by atoms with E-state index in [1.54, 1.807) is 30.3 Å². The zero-order chi connectivity index (χ0) is 19.1.